The van der Waals surface area contributed by atoms with Gasteiger partial charge >= 0.3 is 0 Å². The third-order valence-electron chi connectivity index (χ3n) is 2.96. The molecule has 1 N–H and O–H groups in total. The lowest BCUT2D eigenvalue weighted by molar-refractivity contribution is 0.355. The minimum atomic E-state index is 0.390. The van der Waals surface area contributed by atoms with Crippen molar-refractivity contribution in [3.05, 3.63) is 34.6 Å². The molecule has 0 amide bonds. The summed E-state index contributed by atoms with van der Waals surface area (Å²) in [7, 11) is 0. The first-order chi connectivity index (χ1) is 9.22. The Morgan fingerprint density at radius 3 is 2.89 bits per heavy atom. The van der Waals surface area contributed by atoms with Crippen molar-refractivity contribution in [1.29, 1.82) is 0 Å². The first-order valence-corrected chi connectivity index (χ1v) is 7.34. The quantitative estimate of drug-likeness (QED) is 0.884. The molecule has 1 atom stereocenters. The molecule has 0 saturated heterocycles. The van der Waals surface area contributed by atoms with Crippen LogP contribution < -0.4 is 5.32 Å². The fourth-order valence-corrected chi connectivity index (χ4v) is 2.34. The largest absolute Gasteiger partial charge is 0.339 e. The van der Waals surface area contributed by atoms with Crippen molar-refractivity contribution < 1.29 is 4.52 Å². The van der Waals surface area contributed by atoms with E-state index in [2.05, 4.69) is 45.2 Å². The Hall–Kier alpha value is -1.20. The molecule has 1 aromatic carbocycles. The number of hydrogen-bond donors (Lipinski definition) is 1. The van der Waals surface area contributed by atoms with Gasteiger partial charge in [-0.3, -0.25) is 0 Å². The van der Waals surface area contributed by atoms with Gasteiger partial charge in [0.1, 0.15) is 0 Å². The van der Waals surface area contributed by atoms with Crippen molar-refractivity contribution in [2.24, 2.45) is 0 Å². The number of nitrogens with one attached hydrogen (secondary N) is 1. The standard InChI is InChI=1S/C14H18BrN3O/c1-3-12(16-4-2)9-13-17-14(18-19-13)10-6-5-7-11(15)8-10/h5-8,12,16H,3-4,9H2,1-2H3. The molecule has 4 nitrogen and oxygen atoms in total. The second kappa shape index (κ2) is 6.82. The number of rotatable bonds is 6. The molecule has 0 aliphatic rings. The van der Waals surface area contributed by atoms with Crippen molar-refractivity contribution in [2.45, 2.75) is 32.7 Å². The Bertz CT molecular complexity index is 527. The molecular formula is C14H18BrN3O. The summed E-state index contributed by atoms with van der Waals surface area (Å²) in [6.45, 7) is 5.20. The maximum absolute atomic E-state index is 5.32. The monoisotopic (exact) mass is 323 g/mol. The molecule has 19 heavy (non-hydrogen) atoms. The van der Waals surface area contributed by atoms with Crippen LogP contribution in [0.1, 0.15) is 26.2 Å². The Balaban J connectivity index is 2.10. The summed E-state index contributed by atoms with van der Waals surface area (Å²) in [5.74, 6) is 1.32. The lowest BCUT2D eigenvalue weighted by Crippen LogP contribution is -2.30. The number of likely N-dealkylation sites (N-methyl/N-ethyl adjacent to an activating group) is 1. The second-order valence-corrected chi connectivity index (χ2v) is 5.30. The number of halogens is 1. The number of benzene rings is 1. The average Bonchev–Trinajstić information content (AvgIpc) is 2.87. The highest BCUT2D eigenvalue weighted by Crippen LogP contribution is 2.20. The first kappa shape index (κ1) is 14.2. The van der Waals surface area contributed by atoms with Gasteiger partial charge in [0.05, 0.1) is 0 Å². The molecule has 1 unspecified atom stereocenters. The fraction of sp³-hybridized carbons (Fsp3) is 0.429. The highest BCUT2D eigenvalue weighted by Gasteiger charge is 2.13. The van der Waals surface area contributed by atoms with E-state index in [4.69, 9.17) is 4.52 Å². The summed E-state index contributed by atoms with van der Waals surface area (Å²) in [5, 5.41) is 7.44. The predicted octanol–water partition coefficient (Wildman–Crippen LogP) is 3.43. The van der Waals surface area contributed by atoms with E-state index in [1.54, 1.807) is 0 Å². The van der Waals surface area contributed by atoms with Crippen molar-refractivity contribution in [1.82, 2.24) is 15.5 Å². The Labute approximate surface area is 121 Å². The zero-order valence-electron chi connectivity index (χ0n) is 11.2. The van der Waals surface area contributed by atoms with Crippen LogP contribution in [0.4, 0.5) is 0 Å². The van der Waals surface area contributed by atoms with E-state index in [1.165, 1.54) is 0 Å². The van der Waals surface area contributed by atoms with Gasteiger partial charge in [-0.25, -0.2) is 0 Å². The van der Waals surface area contributed by atoms with E-state index in [-0.39, 0.29) is 0 Å². The summed E-state index contributed by atoms with van der Waals surface area (Å²) in [6, 6.07) is 8.28. The van der Waals surface area contributed by atoms with E-state index in [9.17, 15) is 0 Å². The van der Waals surface area contributed by atoms with Crippen LogP contribution in [0.15, 0.2) is 33.3 Å². The van der Waals surface area contributed by atoms with Crippen LogP contribution in [0.3, 0.4) is 0 Å². The molecule has 0 spiro atoms. The van der Waals surface area contributed by atoms with E-state index in [0.29, 0.717) is 17.8 Å². The van der Waals surface area contributed by atoms with Gasteiger partial charge in [0, 0.05) is 22.5 Å². The highest BCUT2D eigenvalue weighted by atomic mass is 79.9. The molecule has 0 saturated carbocycles. The van der Waals surface area contributed by atoms with Gasteiger partial charge < -0.3 is 9.84 Å². The molecule has 2 rings (SSSR count). The molecule has 5 heteroatoms. The van der Waals surface area contributed by atoms with Gasteiger partial charge in [0.15, 0.2) is 0 Å². The molecule has 102 valence electrons. The zero-order chi connectivity index (χ0) is 13.7. The first-order valence-electron chi connectivity index (χ1n) is 6.54. The molecule has 2 aromatic rings. The Kier molecular flexibility index (Phi) is 5.10. The lowest BCUT2D eigenvalue weighted by atomic mass is 10.1. The summed E-state index contributed by atoms with van der Waals surface area (Å²) in [5.41, 5.74) is 0.959. The van der Waals surface area contributed by atoms with Crippen LogP contribution in [-0.4, -0.2) is 22.7 Å². The summed E-state index contributed by atoms with van der Waals surface area (Å²) < 4.78 is 6.33. The summed E-state index contributed by atoms with van der Waals surface area (Å²) >= 11 is 3.44. The zero-order valence-corrected chi connectivity index (χ0v) is 12.8. The van der Waals surface area contributed by atoms with Crippen LogP contribution in [0.2, 0.25) is 0 Å². The Morgan fingerprint density at radius 1 is 1.37 bits per heavy atom. The van der Waals surface area contributed by atoms with Crippen LogP contribution in [0.5, 0.6) is 0 Å². The van der Waals surface area contributed by atoms with Crippen molar-refractivity contribution in [3.63, 3.8) is 0 Å². The topological polar surface area (TPSA) is 51.0 Å². The molecule has 0 aliphatic heterocycles. The SMILES string of the molecule is CCNC(CC)Cc1nc(-c2cccc(Br)c2)no1. The molecular weight excluding hydrogens is 306 g/mol. The van der Waals surface area contributed by atoms with Gasteiger partial charge in [-0.1, -0.05) is 47.1 Å². The summed E-state index contributed by atoms with van der Waals surface area (Å²) in [4.78, 5) is 4.45. The van der Waals surface area contributed by atoms with E-state index in [0.717, 1.165) is 29.4 Å². The van der Waals surface area contributed by atoms with Gasteiger partial charge in [0.25, 0.3) is 0 Å². The molecule has 0 fully saturated rings. The van der Waals surface area contributed by atoms with E-state index >= 15 is 0 Å². The van der Waals surface area contributed by atoms with Gasteiger partial charge in [-0.05, 0) is 25.1 Å². The highest BCUT2D eigenvalue weighted by molar-refractivity contribution is 9.10. The van der Waals surface area contributed by atoms with E-state index < -0.39 is 0 Å². The van der Waals surface area contributed by atoms with Crippen molar-refractivity contribution in [2.75, 3.05) is 6.54 Å². The van der Waals surface area contributed by atoms with E-state index in [1.807, 2.05) is 24.3 Å². The molecule has 0 aliphatic carbocycles. The van der Waals surface area contributed by atoms with Crippen LogP contribution in [-0.2, 0) is 6.42 Å². The van der Waals surface area contributed by atoms with Gasteiger partial charge in [-0.15, -0.1) is 0 Å². The molecule has 0 radical (unpaired) electrons. The van der Waals surface area contributed by atoms with Gasteiger partial charge in [-0.2, -0.15) is 4.98 Å². The van der Waals surface area contributed by atoms with Crippen molar-refractivity contribution in [3.8, 4) is 11.4 Å². The third kappa shape index (κ3) is 3.88. The maximum atomic E-state index is 5.32. The molecule has 0 bridgehead atoms. The number of aromatic nitrogens is 2. The van der Waals surface area contributed by atoms with Crippen molar-refractivity contribution >= 4 is 15.9 Å². The third-order valence-corrected chi connectivity index (χ3v) is 3.45. The lowest BCUT2D eigenvalue weighted by Gasteiger charge is -2.12. The average molecular weight is 324 g/mol. The Morgan fingerprint density at radius 2 is 2.21 bits per heavy atom. The van der Waals surface area contributed by atoms with Crippen LogP contribution >= 0.6 is 15.9 Å². The molecule has 1 heterocycles. The van der Waals surface area contributed by atoms with Gasteiger partial charge in [0.2, 0.25) is 11.7 Å². The summed E-state index contributed by atoms with van der Waals surface area (Å²) in [6.07, 6.45) is 1.81. The molecule has 1 aromatic heterocycles. The minimum Gasteiger partial charge on any atom is -0.339 e. The number of nitrogens with zero attached hydrogens (tertiary/aromatic N) is 2. The smallest absolute Gasteiger partial charge is 0.228 e. The normalized spacial score (nSPS) is 12.6. The maximum Gasteiger partial charge on any atom is 0.228 e. The minimum absolute atomic E-state index is 0.390. The predicted molar refractivity (Wildman–Crippen MR) is 78.9 cm³/mol. The number of hydrogen-bond acceptors (Lipinski definition) is 4. The second-order valence-electron chi connectivity index (χ2n) is 4.39. The fourth-order valence-electron chi connectivity index (χ4n) is 1.94. The van der Waals surface area contributed by atoms with Crippen LogP contribution in [0.25, 0.3) is 11.4 Å². The van der Waals surface area contributed by atoms with Crippen LogP contribution in [0, 0.1) is 0 Å².